The molecular formula is C23H27N5O3. The first kappa shape index (κ1) is 20.8. The average molecular weight is 422 g/mol. The van der Waals surface area contributed by atoms with Crippen LogP contribution in [-0.4, -0.2) is 62.1 Å². The molecule has 1 aromatic carbocycles. The summed E-state index contributed by atoms with van der Waals surface area (Å²) in [7, 11) is 0. The van der Waals surface area contributed by atoms with Crippen molar-refractivity contribution in [3.63, 3.8) is 0 Å². The van der Waals surface area contributed by atoms with Crippen molar-refractivity contribution in [2.75, 3.05) is 26.2 Å². The zero-order valence-corrected chi connectivity index (χ0v) is 18.1. The van der Waals surface area contributed by atoms with Crippen LogP contribution < -0.4 is 5.56 Å². The molecule has 0 radical (unpaired) electrons. The zero-order chi connectivity index (χ0) is 22.1. The Hall–Kier alpha value is -3.42. The summed E-state index contributed by atoms with van der Waals surface area (Å²) in [6, 6.07) is 9.19. The minimum Gasteiger partial charge on any atom is -0.353 e. The third-order valence-corrected chi connectivity index (χ3v) is 5.69. The maximum Gasteiger partial charge on any atom is 0.282 e. The maximum atomic E-state index is 13.4. The fourth-order valence-corrected chi connectivity index (χ4v) is 3.91. The smallest absolute Gasteiger partial charge is 0.282 e. The van der Waals surface area contributed by atoms with Gasteiger partial charge in [0.2, 0.25) is 5.91 Å². The predicted octanol–water partition coefficient (Wildman–Crippen LogP) is 2.10. The average Bonchev–Trinajstić information content (AvgIpc) is 3.14. The van der Waals surface area contributed by atoms with E-state index in [1.165, 1.54) is 4.68 Å². The fourth-order valence-electron chi connectivity index (χ4n) is 3.91. The number of hydrogen-bond acceptors (Lipinski definition) is 4. The number of pyridine rings is 1. The highest BCUT2D eigenvalue weighted by molar-refractivity contribution is 6.00. The molecule has 8 heteroatoms. The summed E-state index contributed by atoms with van der Waals surface area (Å²) in [5.74, 6) is -0.116. The molecule has 0 aromatic heterocycles. The van der Waals surface area contributed by atoms with Crippen LogP contribution in [0, 0.1) is 5.92 Å². The summed E-state index contributed by atoms with van der Waals surface area (Å²) < 4.78 is 3.19. The lowest BCUT2D eigenvalue weighted by molar-refractivity contribution is -0.135. The van der Waals surface area contributed by atoms with Gasteiger partial charge in [0, 0.05) is 51.0 Å². The Balaban J connectivity index is 1.68. The minimum atomic E-state index is -0.245. The van der Waals surface area contributed by atoms with Gasteiger partial charge in [-0.15, -0.1) is 0 Å². The summed E-state index contributed by atoms with van der Waals surface area (Å²) in [6.45, 7) is 8.30. The van der Waals surface area contributed by atoms with Gasteiger partial charge in [0.1, 0.15) is 5.69 Å². The van der Waals surface area contributed by atoms with E-state index in [1.54, 1.807) is 22.2 Å². The molecule has 31 heavy (non-hydrogen) atoms. The first-order valence-electron chi connectivity index (χ1n) is 10.7. The third kappa shape index (κ3) is 3.85. The molecule has 1 saturated heterocycles. The van der Waals surface area contributed by atoms with Gasteiger partial charge in [-0.05, 0) is 19.1 Å². The number of fused-ring (bicyclic) bond motifs is 1. The van der Waals surface area contributed by atoms with E-state index in [0.717, 1.165) is 0 Å². The molecule has 0 saturated carbocycles. The number of hydrogen-bond donors (Lipinski definition) is 0. The van der Waals surface area contributed by atoms with E-state index in [9.17, 15) is 14.4 Å². The molecule has 0 bridgehead atoms. The highest BCUT2D eigenvalue weighted by Crippen LogP contribution is 2.24. The third-order valence-electron chi connectivity index (χ3n) is 5.69. The Labute approximate surface area is 181 Å². The number of carbonyl (C=O) groups excluding carboxylic acids is 2. The van der Waals surface area contributed by atoms with Crippen molar-refractivity contribution in [1.29, 1.82) is 0 Å². The number of rotatable bonds is 4. The van der Waals surface area contributed by atoms with Crippen LogP contribution >= 0.6 is 0 Å². The molecule has 0 spiro atoms. The quantitative estimate of drug-likeness (QED) is 0.646. The molecule has 3 aliphatic rings. The summed E-state index contributed by atoms with van der Waals surface area (Å²) >= 11 is 0. The van der Waals surface area contributed by atoms with Crippen LogP contribution in [0.1, 0.15) is 31.1 Å². The largest absolute Gasteiger partial charge is 0.353 e. The second kappa shape index (κ2) is 8.37. The number of carbonyl (C=O) groups is 2. The Morgan fingerprint density at radius 3 is 2.26 bits per heavy atom. The van der Waals surface area contributed by atoms with Crippen molar-refractivity contribution in [3.8, 4) is 16.9 Å². The summed E-state index contributed by atoms with van der Waals surface area (Å²) in [5.41, 5.74) is 1.65. The van der Waals surface area contributed by atoms with Crippen LogP contribution in [0.3, 0.4) is 0 Å². The minimum absolute atomic E-state index is 0.0584. The molecule has 1 aromatic rings. The second-order valence-electron chi connectivity index (χ2n) is 8.09. The molecule has 8 nitrogen and oxygen atoms in total. The van der Waals surface area contributed by atoms with Gasteiger partial charge in [-0.25, -0.2) is 0 Å². The van der Waals surface area contributed by atoms with Crippen LogP contribution in [0.25, 0.3) is 16.9 Å². The van der Waals surface area contributed by atoms with Crippen molar-refractivity contribution in [2.24, 2.45) is 5.92 Å². The molecule has 3 heterocycles. The van der Waals surface area contributed by atoms with E-state index in [1.807, 2.05) is 55.7 Å². The van der Waals surface area contributed by atoms with Gasteiger partial charge in [0.05, 0.1) is 16.8 Å². The molecule has 0 aliphatic carbocycles. The Morgan fingerprint density at radius 2 is 1.65 bits per heavy atom. The van der Waals surface area contributed by atoms with Crippen molar-refractivity contribution in [1.82, 2.24) is 24.1 Å². The first-order valence-corrected chi connectivity index (χ1v) is 10.7. The zero-order valence-electron chi connectivity index (χ0n) is 18.1. The van der Waals surface area contributed by atoms with E-state index < -0.39 is 0 Å². The monoisotopic (exact) mass is 421 g/mol. The lowest BCUT2D eigenvalue weighted by Crippen LogP contribution is -2.51. The Bertz CT molecular complexity index is 1120. The van der Waals surface area contributed by atoms with E-state index >= 15 is 0 Å². The molecule has 0 unspecified atom stereocenters. The highest BCUT2D eigenvalue weighted by atomic mass is 16.2. The van der Waals surface area contributed by atoms with Crippen LogP contribution in [0.4, 0.5) is 0 Å². The number of nitrogens with zero attached hydrogens (tertiary/aromatic N) is 5. The molecule has 0 N–H and O–H groups in total. The number of aryl methyl sites for hydroxylation is 1. The number of para-hydroxylation sites is 1. The topological polar surface area (TPSA) is 80.4 Å². The molecule has 1 fully saturated rings. The first-order chi connectivity index (χ1) is 14.9. The normalized spacial score (nSPS) is 14.5. The van der Waals surface area contributed by atoms with Crippen molar-refractivity contribution in [3.05, 3.63) is 58.6 Å². The van der Waals surface area contributed by atoms with Gasteiger partial charge >= 0.3 is 0 Å². The highest BCUT2D eigenvalue weighted by Gasteiger charge is 2.30. The molecule has 2 amide bonds. The molecule has 4 rings (SSSR count). The number of aromatic nitrogens is 3. The lowest BCUT2D eigenvalue weighted by atomic mass is 10.1. The molecule has 3 aliphatic heterocycles. The Kier molecular flexibility index (Phi) is 5.63. The van der Waals surface area contributed by atoms with E-state index in [-0.39, 0.29) is 23.3 Å². The van der Waals surface area contributed by atoms with Crippen LogP contribution in [0.15, 0.2) is 47.5 Å². The van der Waals surface area contributed by atoms with Crippen LogP contribution in [0.5, 0.6) is 0 Å². The molecule has 162 valence electrons. The summed E-state index contributed by atoms with van der Waals surface area (Å²) in [5, 5.41) is 4.52. The summed E-state index contributed by atoms with van der Waals surface area (Å²) in [4.78, 5) is 42.3. The number of amides is 2. The lowest BCUT2D eigenvalue weighted by Gasteiger charge is -2.35. The number of benzene rings is 1. The van der Waals surface area contributed by atoms with Crippen molar-refractivity contribution >= 4 is 11.8 Å². The standard InChI is InChI=1S/C23H27N5O3/c1-4-25-14-18(22(30)27-12-10-26(11-13-27)21(29)16(2)3)20-19(15-25)23(31)28(24-20)17-8-6-5-7-9-17/h5-9,14-16H,4,10-13H2,1-3H3. The maximum absolute atomic E-state index is 13.4. The predicted molar refractivity (Wildman–Crippen MR) is 117 cm³/mol. The molecule has 0 atom stereocenters. The van der Waals surface area contributed by atoms with Gasteiger partial charge in [0.15, 0.2) is 0 Å². The van der Waals surface area contributed by atoms with Crippen LogP contribution in [0.2, 0.25) is 0 Å². The van der Waals surface area contributed by atoms with E-state index in [2.05, 4.69) is 5.10 Å². The van der Waals surface area contributed by atoms with Gasteiger partial charge < -0.3 is 14.4 Å². The van der Waals surface area contributed by atoms with Crippen molar-refractivity contribution in [2.45, 2.75) is 27.3 Å². The van der Waals surface area contributed by atoms with Gasteiger partial charge in [0.25, 0.3) is 11.5 Å². The van der Waals surface area contributed by atoms with E-state index in [4.69, 9.17) is 0 Å². The SMILES string of the molecule is CCn1cc(C(=O)N2CCN(C(=O)C(C)C)CC2)c2nn(-c3ccccc3)c(=O)c-2c1. The van der Waals surface area contributed by atoms with Crippen molar-refractivity contribution < 1.29 is 9.59 Å². The second-order valence-corrected chi connectivity index (χ2v) is 8.09. The van der Waals surface area contributed by atoms with Gasteiger partial charge in [-0.1, -0.05) is 32.0 Å². The summed E-state index contributed by atoms with van der Waals surface area (Å²) in [6.07, 6.45) is 3.51. The van der Waals surface area contributed by atoms with Crippen LogP contribution in [-0.2, 0) is 11.3 Å². The fraction of sp³-hybridized carbons (Fsp3) is 0.391. The number of piperazine rings is 1. The van der Waals surface area contributed by atoms with Gasteiger partial charge in [-0.2, -0.15) is 9.78 Å². The Morgan fingerprint density at radius 1 is 1.00 bits per heavy atom. The molecular weight excluding hydrogens is 394 g/mol. The van der Waals surface area contributed by atoms with E-state index in [0.29, 0.717) is 55.2 Å². The van der Waals surface area contributed by atoms with Gasteiger partial charge in [-0.3, -0.25) is 14.4 Å².